The van der Waals surface area contributed by atoms with Crippen LogP contribution in [0.4, 0.5) is 0 Å². The molecule has 0 fully saturated rings. The van der Waals surface area contributed by atoms with E-state index in [1.54, 1.807) is 0 Å². The first-order valence-corrected chi connectivity index (χ1v) is 20.9. The van der Waals surface area contributed by atoms with Gasteiger partial charge in [-0.2, -0.15) is 0 Å². The molecule has 0 aromatic heterocycles. The van der Waals surface area contributed by atoms with E-state index in [4.69, 9.17) is 12.8 Å². The van der Waals surface area contributed by atoms with Gasteiger partial charge in [0.2, 0.25) is 0 Å². The summed E-state index contributed by atoms with van der Waals surface area (Å²) in [4.78, 5) is 0. The molecule has 0 spiro atoms. The Labute approximate surface area is 355 Å². The van der Waals surface area contributed by atoms with Gasteiger partial charge in [-0.05, 0) is 59.3 Å². The van der Waals surface area contributed by atoms with Gasteiger partial charge in [-0.3, -0.25) is 11.8 Å². The quantitative estimate of drug-likeness (QED) is 0.0646. The number of hydrogen-bond donors (Lipinski definition) is 0. The van der Waals surface area contributed by atoms with Gasteiger partial charge >= 0.3 is 44.8 Å². The number of fused-ring (bicyclic) bond motifs is 2. The van der Waals surface area contributed by atoms with Crippen LogP contribution in [0.1, 0.15) is 11.1 Å². The van der Waals surface area contributed by atoms with Crippen LogP contribution in [0, 0.1) is 24.7 Å². The zero-order chi connectivity index (χ0) is 35.8. The van der Waals surface area contributed by atoms with Crippen molar-refractivity contribution in [2.75, 3.05) is 12.3 Å². The van der Waals surface area contributed by atoms with E-state index in [-0.39, 0.29) is 44.8 Å². The summed E-state index contributed by atoms with van der Waals surface area (Å²) in [6.45, 7) is 0. The van der Waals surface area contributed by atoms with E-state index in [0.29, 0.717) is 0 Å². The average Bonchev–Trinajstić information content (AvgIpc) is 3.24. The Morgan fingerprint density at radius 1 is 0.333 bits per heavy atom. The third-order valence-corrected chi connectivity index (χ3v) is 15.1. The van der Waals surface area contributed by atoms with E-state index in [0.717, 1.165) is 32.7 Å². The standard InChI is InChI=1S/C26H24P2.2C12H7.Ag.Au/c1-5-13-23(14-6-1)27(24-15-7-2-8-16-24)21-22-28(25-17-9-3-10-18-25)26-19-11-4-12-20-26;2*1-2-10-7-5-8-11-6-3-4-9-12(10)11;;/h1-20H,21-22H2;2*3-9H;;/q;2*-1;2*+1/p+2. The second kappa shape index (κ2) is 22.8. The molecule has 0 amide bonds. The smallest absolute Gasteiger partial charge is 0.366 e. The number of hydrogen-bond acceptors (Lipinski definition) is 0. The van der Waals surface area contributed by atoms with Gasteiger partial charge < -0.3 is 12.8 Å². The summed E-state index contributed by atoms with van der Waals surface area (Å²) in [7, 11) is -1.57. The Bertz CT molecular complexity index is 2120. The maximum absolute atomic E-state index is 7.08. The molecule has 0 atom stereocenters. The van der Waals surface area contributed by atoms with Crippen molar-refractivity contribution in [3.8, 4) is 11.8 Å². The van der Waals surface area contributed by atoms with E-state index in [1.165, 1.54) is 33.5 Å². The van der Waals surface area contributed by atoms with Crippen molar-refractivity contribution in [1.29, 1.82) is 0 Å². The molecule has 270 valence electrons. The minimum atomic E-state index is -0.783. The second-order valence-corrected chi connectivity index (χ2v) is 17.4. The molecule has 0 aliphatic rings. The Morgan fingerprint density at radius 3 is 0.889 bits per heavy atom. The van der Waals surface area contributed by atoms with Crippen molar-refractivity contribution in [3.63, 3.8) is 0 Å². The van der Waals surface area contributed by atoms with Gasteiger partial charge in [0.25, 0.3) is 0 Å². The fraction of sp³-hybridized carbons (Fsp3) is 0.0400. The molecule has 0 aliphatic heterocycles. The fourth-order valence-electron chi connectivity index (χ4n) is 6.39. The monoisotopic (exact) mass is 1010 g/mol. The van der Waals surface area contributed by atoms with E-state index >= 15 is 0 Å². The molecule has 0 heterocycles. The van der Waals surface area contributed by atoms with Gasteiger partial charge in [0.15, 0.2) is 0 Å². The number of rotatable bonds is 7. The molecule has 8 rings (SSSR count). The molecular formula is C50H40AgAuP2+2. The van der Waals surface area contributed by atoms with Crippen molar-refractivity contribution in [2.24, 2.45) is 0 Å². The fourth-order valence-corrected chi connectivity index (χ4v) is 12.6. The first kappa shape index (κ1) is 42.5. The normalized spacial score (nSPS) is 10.0. The molecular weight excluding hydrogens is 967 g/mol. The molecule has 54 heavy (non-hydrogen) atoms. The van der Waals surface area contributed by atoms with Crippen LogP contribution < -0.4 is 21.2 Å². The van der Waals surface area contributed by atoms with Crippen molar-refractivity contribution in [3.05, 3.63) is 230 Å². The molecule has 0 saturated heterocycles. The largest absolute Gasteiger partial charge is 1.00 e. The summed E-state index contributed by atoms with van der Waals surface area (Å²) in [5.74, 6) is 4.84. The molecule has 4 heteroatoms. The zero-order valence-corrected chi connectivity index (χ0v) is 35.3. The molecule has 0 bridgehead atoms. The van der Waals surface area contributed by atoms with E-state index in [9.17, 15) is 0 Å². The van der Waals surface area contributed by atoms with E-state index < -0.39 is 15.8 Å². The Hall–Kier alpha value is -4.26. The van der Waals surface area contributed by atoms with Gasteiger partial charge in [0.1, 0.15) is 12.3 Å². The third kappa shape index (κ3) is 11.6. The van der Waals surface area contributed by atoms with Crippen molar-refractivity contribution >= 4 is 58.6 Å². The van der Waals surface area contributed by atoms with Crippen molar-refractivity contribution < 1.29 is 44.8 Å². The predicted molar refractivity (Wildman–Crippen MR) is 231 cm³/mol. The van der Waals surface area contributed by atoms with Crippen LogP contribution in [0.5, 0.6) is 0 Å². The van der Waals surface area contributed by atoms with Gasteiger partial charge in [0.05, 0.1) is 37.1 Å². The van der Waals surface area contributed by atoms with Crippen LogP contribution >= 0.6 is 15.8 Å². The summed E-state index contributed by atoms with van der Waals surface area (Å²) < 4.78 is 0. The van der Waals surface area contributed by atoms with Crippen molar-refractivity contribution in [1.82, 2.24) is 0 Å². The van der Waals surface area contributed by atoms with Crippen LogP contribution in [0.15, 0.2) is 206 Å². The Morgan fingerprint density at radius 2 is 0.593 bits per heavy atom. The van der Waals surface area contributed by atoms with Crippen LogP contribution in [0.2, 0.25) is 0 Å². The van der Waals surface area contributed by atoms with Crippen LogP contribution in [-0.4, -0.2) is 12.3 Å². The Balaban J connectivity index is 0.000000206. The maximum atomic E-state index is 7.08. The molecule has 0 radical (unpaired) electrons. The zero-order valence-electron chi connectivity index (χ0n) is 29.6. The van der Waals surface area contributed by atoms with Crippen LogP contribution in [-0.2, 0) is 44.8 Å². The van der Waals surface area contributed by atoms with Crippen LogP contribution in [0.25, 0.3) is 21.5 Å². The molecule has 0 saturated carbocycles. The van der Waals surface area contributed by atoms with E-state index in [2.05, 4.69) is 133 Å². The minimum absolute atomic E-state index is 0. The molecule has 8 aromatic rings. The summed E-state index contributed by atoms with van der Waals surface area (Å²) in [5, 5.41) is 10.6. The Kier molecular flexibility index (Phi) is 18.0. The summed E-state index contributed by atoms with van der Waals surface area (Å²) in [5.41, 5.74) is 1.71. The molecule has 0 N–H and O–H groups in total. The summed E-state index contributed by atoms with van der Waals surface area (Å²) >= 11 is 0. The van der Waals surface area contributed by atoms with Gasteiger partial charge in [-0.15, -0.1) is 23.3 Å². The van der Waals surface area contributed by atoms with Crippen molar-refractivity contribution in [2.45, 2.75) is 0 Å². The maximum Gasteiger partial charge on any atom is 1.00 e. The van der Waals surface area contributed by atoms with Gasteiger partial charge in [0, 0.05) is 0 Å². The molecule has 0 nitrogen and oxygen atoms in total. The minimum Gasteiger partial charge on any atom is -0.366 e. The third-order valence-electron chi connectivity index (χ3n) is 8.96. The topological polar surface area (TPSA) is 0 Å². The first-order valence-electron chi connectivity index (χ1n) is 17.5. The van der Waals surface area contributed by atoms with Gasteiger partial charge in [-0.25, -0.2) is 0 Å². The van der Waals surface area contributed by atoms with E-state index in [1.807, 2.05) is 84.9 Å². The molecule has 0 aliphatic carbocycles. The van der Waals surface area contributed by atoms with Crippen LogP contribution in [0.3, 0.4) is 0 Å². The molecule has 8 aromatic carbocycles. The second-order valence-electron chi connectivity index (χ2n) is 12.2. The average molecular weight is 1010 g/mol. The SMILES string of the molecule is [Ag+].[Au+].[C-]#Cc1cccc2ccccc12.[C-]#Cc1cccc2ccccc12.c1ccc([PH+](CC[PH+](c2ccccc2)c2ccccc2)c2ccccc2)cc1. The molecule has 0 unspecified atom stereocenters. The number of benzene rings is 8. The summed E-state index contributed by atoms with van der Waals surface area (Å²) in [6.07, 6.45) is 16.7. The predicted octanol–water partition coefficient (Wildman–Crippen LogP) is 10.3. The first-order chi connectivity index (χ1) is 25.7. The summed E-state index contributed by atoms with van der Waals surface area (Å²) in [6, 6.07) is 72.3. The van der Waals surface area contributed by atoms with Gasteiger partial charge in [-0.1, -0.05) is 156 Å².